The van der Waals surface area contributed by atoms with Crippen molar-refractivity contribution in [2.24, 2.45) is 5.92 Å². The van der Waals surface area contributed by atoms with Gasteiger partial charge in [-0.05, 0) is 44.7 Å². The number of likely N-dealkylation sites (tertiary alicyclic amines) is 1. The summed E-state index contributed by atoms with van der Waals surface area (Å²) in [5.41, 5.74) is -0.611. The van der Waals surface area contributed by atoms with Crippen LogP contribution >= 0.6 is 0 Å². The first-order valence-electron chi connectivity index (χ1n) is 8.35. The van der Waals surface area contributed by atoms with Crippen molar-refractivity contribution >= 4 is 5.91 Å². The normalized spacial score (nSPS) is 24.2. The fourth-order valence-corrected chi connectivity index (χ4v) is 3.45. The molecule has 0 aliphatic carbocycles. The molecule has 5 nitrogen and oxygen atoms in total. The average molecular weight is 297 g/mol. The number of methoxy groups -OCH3 is 1. The van der Waals surface area contributed by atoms with Gasteiger partial charge in [-0.15, -0.1) is 0 Å². The maximum absolute atomic E-state index is 12.6. The van der Waals surface area contributed by atoms with E-state index in [4.69, 9.17) is 4.74 Å². The van der Waals surface area contributed by atoms with Crippen molar-refractivity contribution in [1.29, 1.82) is 0 Å². The molecule has 2 fully saturated rings. The first-order chi connectivity index (χ1) is 10.1. The van der Waals surface area contributed by atoms with Crippen LogP contribution in [-0.4, -0.2) is 62.3 Å². The van der Waals surface area contributed by atoms with Gasteiger partial charge >= 0.3 is 0 Å². The SMILES string of the molecule is COC1(C(=O)NC2CCN(CC(C)C)CC2)CCNCC1. The zero-order valence-electron chi connectivity index (χ0n) is 13.8. The molecule has 0 radical (unpaired) electrons. The molecule has 0 aromatic carbocycles. The molecule has 1 amide bonds. The summed E-state index contributed by atoms with van der Waals surface area (Å²) in [6, 6.07) is 0.308. The maximum Gasteiger partial charge on any atom is 0.252 e. The molecule has 0 saturated carbocycles. The lowest BCUT2D eigenvalue weighted by atomic mass is 9.90. The third-order valence-electron chi connectivity index (χ3n) is 4.76. The van der Waals surface area contributed by atoms with Gasteiger partial charge in [0.2, 0.25) is 0 Å². The van der Waals surface area contributed by atoms with E-state index >= 15 is 0 Å². The molecule has 0 aromatic heterocycles. The zero-order chi connectivity index (χ0) is 15.3. The summed E-state index contributed by atoms with van der Waals surface area (Å²) in [7, 11) is 1.66. The number of carbonyl (C=O) groups excluding carboxylic acids is 1. The molecule has 0 aromatic rings. The summed E-state index contributed by atoms with van der Waals surface area (Å²) in [5.74, 6) is 0.802. The zero-order valence-corrected chi connectivity index (χ0v) is 13.8. The summed E-state index contributed by atoms with van der Waals surface area (Å²) in [6.45, 7) is 9.56. The second-order valence-corrected chi connectivity index (χ2v) is 6.89. The Morgan fingerprint density at radius 3 is 2.48 bits per heavy atom. The largest absolute Gasteiger partial charge is 0.368 e. The van der Waals surface area contributed by atoms with Gasteiger partial charge in [-0.25, -0.2) is 0 Å². The van der Waals surface area contributed by atoms with Crippen LogP contribution in [-0.2, 0) is 9.53 Å². The van der Waals surface area contributed by atoms with Crippen LogP contribution in [0.3, 0.4) is 0 Å². The fraction of sp³-hybridized carbons (Fsp3) is 0.938. The number of carbonyl (C=O) groups is 1. The van der Waals surface area contributed by atoms with Gasteiger partial charge in [-0.1, -0.05) is 13.8 Å². The van der Waals surface area contributed by atoms with Crippen LogP contribution in [0, 0.1) is 5.92 Å². The van der Waals surface area contributed by atoms with E-state index in [2.05, 4.69) is 29.4 Å². The van der Waals surface area contributed by atoms with Crippen LogP contribution in [0.1, 0.15) is 39.5 Å². The van der Waals surface area contributed by atoms with Crippen molar-refractivity contribution in [2.75, 3.05) is 39.8 Å². The molecule has 2 aliphatic heterocycles. The van der Waals surface area contributed by atoms with E-state index in [9.17, 15) is 4.79 Å². The predicted octanol–water partition coefficient (Wildman–Crippen LogP) is 0.992. The highest BCUT2D eigenvalue weighted by Crippen LogP contribution is 2.23. The Labute approximate surface area is 128 Å². The first-order valence-corrected chi connectivity index (χ1v) is 8.35. The van der Waals surface area contributed by atoms with Gasteiger partial charge in [0.1, 0.15) is 5.60 Å². The number of piperidine rings is 2. The minimum absolute atomic E-state index is 0.0915. The third kappa shape index (κ3) is 4.41. The van der Waals surface area contributed by atoms with Gasteiger partial charge in [0.05, 0.1) is 0 Å². The average Bonchev–Trinajstić information content (AvgIpc) is 2.49. The van der Waals surface area contributed by atoms with Crippen LogP contribution in [0.25, 0.3) is 0 Å². The topological polar surface area (TPSA) is 53.6 Å². The molecular formula is C16H31N3O2. The molecule has 2 N–H and O–H groups in total. The van der Waals surface area contributed by atoms with E-state index in [0.717, 1.165) is 58.4 Å². The van der Waals surface area contributed by atoms with Crippen molar-refractivity contribution in [3.63, 3.8) is 0 Å². The fourth-order valence-electron chi connectivity index (χ4n) is 3.45. The third-order valence-corrected chi connectivity index (χ3v) is 4.76. The molecule has 21 heavy (non-hydrogen) atoms. The van der Waals surface area contributed by atoms with Crippen LogP contribution < -0.4 is 10.6 Å². The van der Waals surface area contributed by atoms with Crippen LogP contribution in [0.2, 0.25) is 0 Å². The van der Waals surface area contributed by atoms with Crippen molar-refractivity contribution in [3.8, 4) is 0 Å². The molecule has 2 rings (SSSR count). The number of nitrogens with one attached hydrogen (secondary N) is 2. The molecule has 0 bridgehead atoms. The standard InChI is InChI=1S/C16H31N3O2/c1-13(2)12-19-10-4-14(5-11-19)18-15(20)16(21-3)6-8-17-9-7-16/h13-14,17H,4-12H2,1-3H3,(H,18,20). The Bertz CT molecular complexity index is 332. The van der Waals surface area contributed by atoms with Crippen molar-refractivity contribution < 1.29 is 9.53 Å². The molecule has 0 spiro atoms. The first kappa shape index (κ1) is 16.7. The quantitative estimate of drug-likeness (QED) is 0.795. The summed E-state index contributed by atoms with van der Waals surface area (Å²) in [6.07, 6.45) is 3.63. The Morgan fingerprint density at radius 2 is 1.95 bits per heavy atom. The molecule has 2 saturated heterocycles. The van der Waals surface area contributed by atoms with Gasteiger partial charge < -0.3 is 20.3 Å². The lowest BCUT2D eigenvalue weighted by molar-refractivity contribution is -0.147. The highest BCUT2D eigenvalue weighted by Gasteiger charge is 2.40. The Kier molecular flexibility index (Phi) is 6.02. The summed E-state index contributed by atoms with van der Waals surface area (Å²) in [4.78, 5) is 15.1. The van der Waals surface area contributed by atoms with Gasteiger partial charge in [0, 0.05) is 32.8 Å². The Hall–Kier alpha value is -0.650. The Balaban J connectivity index is 1.81. The highest BCUT2D eigenvalue weighted by molar-refractivity contribution is 5.85. The highest BCUT2D eigenvalue weighted by atomic mass is 16.5. The molecule has 0 unspecified atom stereocenters. The summed E-state index contributed by atoms with van der Waals surface area (Å²) < 4.78 is 5.59. The monoisotopic (exact) mass is 297 g/mol. The van der Waals surface area contributed by atoms with Crippen molar-refractivity contribution in [2.45, 2.75) is 51.2 Å². The minimum atomic E-state index is -0.611. The van der Waals surface area contributed by atoms with Gasteiger partial charge in [0.25, 0.3) is 5.91 Å². The molecule has 2 heterocycles. The number of hydrogen-bond donors (Lipinski definition) is 2. The number of nitrogens with zero attached hydrogens (tertiary/aromatic N) is 1. The minimum Gasteiger partial charge on any atom is -0.368 e. The van der Waals surface area contributed by atoms with Crippen LogP contribution in [0.4, 0.5) is 0 Å². The summed E-state index contributed by atoms with van der Waals surface area (Å²) >= 11 is 0. The second-order valence-electron chi connectivity index (χ2n) is 6.89. The van der Waals surface area contributed by atoms with Gasteiger partial charge in [-0.3, -0.25) is 4.79 Å². The van der Waals surface area contributed by atoms with Gasteiger partial charge in [0.15, 0.2) is 0 Å². The van der Waals surface area contributed by atoms with Crippen LogP contribution in [0.15, 0.2) is 0 Å². The molecule has 5 heteroatoms. The number of hydrogen-bond acceptors (Lipinski definition) is 4. The molecule has 0 atom stereocenters. The van der Waals surface area contributed by atoms with E-state index in [0.29, 0.717) is 12.0 Å². The van der Waals surface area contributed by atoms with Crippen molar-refractivity contribution in [3.05, 3.63) is 0 Å². The molecule has 122 valence electrons. The Morgan fingerprint density at radius 1 is 1.33 bits per heavy atom. The second kappa shape index (κ2) is 7.56. The summed E-state index contributed by atoms with van der Waals surface area (Å²) in [5, 5.41) is 6.53. The van der Waals surface area contributed by atoms with Crippen LogP contribution in [0.5, 0.6) is 0 Å². The predicted molar refractivity (Wildman–Crippen MR) is 84.3 cm³/mol. The molecule has 2 aliphatic rings. The lowest BCUT2D eigenvalue weighted by Crippen LogP contribution is -2.57. The van der Waals surface area contributed by atoms with E-state index in [-0.39, 0.29) is 5.91 Å². The number of rotatable bonds is 5. The number of amides is 1. The van der Waals surface area contributed by atoms with E-state index in [1.165, 1.54) is 0 Å². The lowest BCUT2D eigenvalue weighted by Gasteiger charge is -2.38. The number of ether oxygens (including phenoxy) is 1. The van der Waals surface area contributed by atoms with E-state index in [1.807, 2.05) is 0 Å². The van der Waals surface area contributed by atoms with Gasteiger partial charge in [-0.2, -0.15) is 0 Å². The van der Waals surface area contributed by atoms with Crippen molar-refractivity contribution in [1.82, 2.24) is 15.5 Å². The van der Waals surface area contributed by atoms with E-state index < -0.39 is 5.60 Å². The maximum atomic E-state index is 12.6. The van der Waals surface area contributed by atoms with E-state index in [1.54, 1.807) is 7.11 Å². The molecular weight excluding hydrogens is 266 g/mol. The smallest absolute Gasteiger partial charge is 0.252 e.